The third-order valence-electron chi connectivity index (χ3n) is 3.50. The predicted molar refractivity (Wildman–Crippen MR) is 70.4 cm³/mol. The second-order valence-electron chi connectivity index (χ2n) is 5.07. The number of rotatable bonds is 4. The zero-order valence-electron chi connectivity index (χ0n) is 11.2. The van der Waals surface area contributed by atoms with Crippen LogP contribution in [0.4, 0.5) is 0 Å². The molecule has 0 N–H and O–H groups in total. The van der Waals surface area contributed by atoms with Crippen molar-refractivity contribution < 1.29 is 9.15 Å². The Morgan fingerprint density at radius 3 is 3.21 bits per heavy atom. The molecule has 0 radical (unpaired) electrons. The Balaban J connectivity index is 1.76. The molecule has 0 saturated heterocycles. The quantitative estimate of drug-likeness (QED) is 0.841. The molecule has 0 amide bonds. The van der Waals surface area contributed by atoms with Gasteiger partial charge in [-0.3, -0.25) is 4.90 Å². The lowest BCUT2D eigenvalue weighted by atomic mass is 10.1. The van der Waals surface area contributed by atoms with Crippen LogP contribution in [0.1, 0.15) is 11.6 Å². The summed E-state index contributed by atoms with van der Waals surface area (Å²) in [5.74, 6) is 2.59. The second-order valence-corrected chi connectivity index (χ2v) is 5.07. The van der Waals surface area contributed by atoms with E-state index in [0.29, 0.717) is 5.92 Å². The van der Waals surface area contributed by atoms with Gasteiger partial charge in [0, 0.05) is 38.5 Å². The summed E-state index contributed by atoms with van der Waals surface area (Å²) in [5, 5.41) is 0. The van der Waals surface area contributed by atoms with Gasteiger partial charge in [0.1, 0.15) is 11.6 Å². The Morgan fingerprint density at radius 1 is 1.47 bits per heavy atom. The van der Waals surface area contributed by atoms with Crippen molar-refractivity contribution >= 4 is 0 Å². The van der Waals surface area contributed by atoms with Crippen LogP contribution in [0.25, 0.3) is 0 Å². The van der Waals surface area contributed by atoms with Gasteiger partial charge in [0.05, 0.1) is 26.0 Å². The van der Waals surface area contributed by atoms with Crippen molar-refractivity contribution in [2.75, 3.05) is 20.3 Å². The third kappa shape index (κ3) is 2.88. The molecule has 2 aromatic rings. The molecule has 19 heavy (non-hydrogen) atoms. The number of hydrogen-bond donors (Lipinski definition) is 0. The topological polar surface area (TPSA) is 43.4 Å². The van der Waals surface area contributed by atoms with Crippen LogP contribution < -0.4 is 0 Å². The lowest BCUT2D eigenvalue weighted by Crippen LogP contribution is -2.29. The van der Waals surface area contributed by atoms with E-state index in [1.54, 1.807) is 13.4 Å². The number of furan rings is 1. The first kappa shape index (κ1) is 12.4. The summed E-state index contributed by atoms with van der Waals surface area (Å²) < 4.78 is 13.0. The van der Waals surface area contributed by atoms with E-state index in [1.165, 1.54) is 0 Å². The van der Waals surface area contributed by atoms with Crippen LogP contribution in [-0.2, 0) is 24.4 Å². The lowest BCUT2D eigenvalue weighted by molar-refractivity contribution is 0.112. The highest BCUT2D eigenvalue weighted by molar-refractivity contribution is 5.00. The molecular formula is C14H19N3O2. The van der Waals surface area contributed by atoms with Crippen molar-refractivity contribution in [3.63, 3.8) is 0 Å². The molecule has 3 heterocycles. The van der Waals surface area contributed by atoms with E-state index in [-0.39, 0.29) is 0 Å². The average Bonchev–Trinajstić information content (AvgIpc) is 3.00. The zero-order chi connectivity index (χ0) is 13.1. The Bertz CT molecular complexity index is 507. The molecule has 102 valence electrons. The minimum Gasteiger partial charge on any atom is -0.468 e. The summed E-state index contributed by atoms with van der Waals surface area (Å²) >= 11 is 0. The average molecular weight is 261 g/mol. The van der Waals surface area contributed by atoms with E-state index in [9.17, 15) is 0 Å². The molecule has 5 nitrogen and oxygen atoms in total. The van der Waals surface area contributed by atoms with Crippen molar-refractivity contribution in [1.29, 1.82) is 0 Å². The fraction of sp³-hybridized carbons (Fsp3) is 0.500. The Kier molecular flexibility index (Phi) is 3.66. The van der Waals surface area contributed by atoms with Crippen molar-refractivity contribution in [2.24, 2.45) is 5.92 Å². The summed E-state index contributed by atoms with van der Waals surface area (Å²) in [7, 11) is 1.76. The monoisotopic (exact) mass is 261 g/mol. The highest BCUT2D eigenvalue weighted by Gasteiger charge is 2.22. The van der Waals surface area contributed by atoms with Crippen LogP contribution in [-0.4, -0.2) is 34.7 Å². The lowest BCUT2D eigenvalue weighted by Gasteiger charge is -2.22. The SMILES string of the molecule is COCC1CN(Cc2ccco2)Cc2nccn2C1. The minimum atomic E-state index is 0.482. The second kappa shape index (κ2) is 5.59. The number of nitrogens with zero attached hydrogens (tertiary/aromatic N) is 3. The molecule has 0 bridgehead atoms. The van der Waals surface area contributed by atoms with Crippen LogP contribution in [0.5, 0.6) is 0 Å². The van der Waals surface area contributed by atoms with Gasteiger partial charge in [0.15, 0.2) is 0 Å². The van der Waals surface area contributed by atoms with E-state index >= 15 is 0 Å². The normalized spacial score (nSPS) is 20.2. The van der Waals surface area contributed by atoms with E-state index in [0.717, 1.165) is 44.4 Å². The largest absolute Gasteiger partial charge is 0.468 e. The number of ether oxygens (including phenoxy) is 1. The van der Waals surface area contributed by atoms with E-state index in [4.69, 9.17) is 9.15 Å². The van der Waals surface area contributed by atoms with E-state index in [2.05, 4.69) is 14.5 Å². The number of methoxy groups -OCH3 is 1. The number of hydrogen-bond acceptors (Lipinski definition) is 4. The number of aromatic nitrogens is 2. The van der Waals surface area contributed by atoms with Gasteiger partial charge in [-0.05, 0) is 12.1 Å². The van der Waals surface area contributed by atoms with Gasteiger partial charge in [0.2, 0.25) is 0 Å². The van der Waals surface area contributed by atoms with Gasteiger partial charge in [-0.1, -0.05) is 0 Å². The maximum Gasteiger partial charge on any atom is 0.122 e. The standard InChI is InChI=1S/C14H19N3O2/c1-18-11-12-7-16(9-13-3-2-6-19-13)10-14-15-4-5-17(14)8-12/h2-6,12H,7-11H2,1H3. The molecular weight excluding hydrogens is 242 g/mol. The maximum absolute atomic E-state index is 5.44. The first-order valence-electron chi connectivity index (χ1n) is 6.59. The summed E-state index contributed by atoms with van der Waals surface area (Å²) in [6.45, 7) is 4.41. The van der Waals surface area contributed by atoms with Crippen molar-refractivity contribution in [3.05, 3.63) is 42.4 Å². The summed E-state index contributed by atoms with van der Waals surface area (Å²) in [5.41, 5.74) is 0. The maximum atomic E-state index is 5.44. The van der Waals surface area contributed by atoms with E-state index in [1.807, 2.05) is 24.5 Å². The van der Waals surface area contributed by atoms with Gasteiger partial charge < -0.3 is 13.7 Å². The highest BCUT2D eigenvalue weighted by Crippen LogP contribution is 2.18. The summed E-state index contributed by atoms with van der Waals surface area (Å²) in [6.07, 6.45) is 5.64. The fourth-order valence-corrected chi connectivity index (χ4v) is 2.71. The Labute approximate surface area is 112 Å². The van der Waals surface area contributed by atoms with Gasteiger partial charge in [-0.15, -0.1) is 0 Å². The molecule has 1 unspecified atom stereocenters. The molecule has 1 atom stereocenters. The fourth-order valence-electron chi connectivity index (χ4n) is 2.71. The van der Waals surface area contributed by atoms with Crippen molar-refractivity contribution in [2.45, 2.75) is 19.6 Å². The van der Waals surface area contributed by atoms with Gasteiger partial charge >= 0.3 is 0 Å². The molecule has 3 rings (SSSR count). The van der Waals surface area contributed by atoms with Crippen LogP contribution >= 0.6 is 0 Å². The first-order chi connectivity index (χ1) is 9.35. The minimum absolute atomic E-state index is 0.482. The molecule has 0 aromatic carbocycles. The number of fused-ring (bicyclic) bond motifs is 1. The van der Waals surface area contributed by atoms with E-state index < -0.39 is 0 Å². The number of imidazole rings is 1. The summed E-state index contributed by atoms with van der Waals surface area (Å²) in [6, 6.07) is 3.95. The molecule has 1 aliphatic rings. The first-order valence-corrected chi connectivity index (χ1v) is 6.59. The molecule has 5 heteroatoms. The Hall–Kier alpha value is -1.59. The van der Waals surface area contributed by atoms with Crippen LogP contribution in [0.15, 0.2) is 35.2 Å². The van der Waals surface area contributed by atoms with Crippen molar-refractivity contribution in [3.8, 4) is 0 Å². The molecule has 0 fully saturated rings. The van der Waals surface area contributed by atoms with Gasteiger partial charge in [-0.2, -0.15) is 0 Å². The molecule has 0 aliphatic carbocycles. The van der Waals surface area contributed by atoms with Crippen molar-refractivity contribution in [1.82, 2.24) is 14.5 Å². The van der Waals surface area contributed by atoms with Gasteiger partial charge in [0.25, 0.3) is 0 Å². The molecule has 2 aromatic heterocycles. The molecule has 0 spiro atoms. The van der Waals surface area contributed by atoms with Crippen LogP contribution in [0, 0.1) is 5.92 Å². The zero-order valence-corrected chi connectivity index (χ0v) is 11.2. The van der Waals surface area contributed by atoms with Crippen LogP contribution in [0.3, 0.4) is 0 Å². The highest BCUT2D eigenvalue weighted by atomic mass is 16.5. The Morgan fingerprint density at radius 2 is 2.42 bits per heavy atom. The summed E-state index contributed by atoms with van der Waals surface area (Å²) in [4.78, 5) is 6.81. The molecule has 0 saturated carbocycles. The third-order valence-corrected chi connectivity index (χ3v) is 3.50. The van der Waals surface area contributed by atoms with Gasteiger partial charge in [-0.25, -0.2) is 4.98 Å². The van der Waals surface area contributed by atoms with Crippen LogP contribution in [0.2, 0.25) is 0 Å². The smallest absolute Gasteiger partial charge is 0.122 e. The predicted octanol–water partition coefficient (Wildman–Crippen LogP) is 1.75. The molecule has 1 aliphatic heterocycles.